The molecule has 0 unspecified atom stereocenters. The molecule has 1 aromatic rings. The molecule has 5 heteroatoms. The summed E-state index contributed by atoms with van der Waals surface area (Å²) in [6.07, 6.45) is 2.10. The summed E-state index contributed by atoms with van der Waals surface area (Å²) < 4.78 is 5.45. The van der Waals surface area contributed by atoms with E-state index in [9.17, 15) is 4.79 Å². The third-order valence-electron chi connectivity index (χ3n) is 3.11. The van der Waals surface area contributed by atoms with E-state index in [-0.39, 0.29) is 11.7 Å². The van der Waals surface area contributed by atoms with Gasteiger partial charge >= 0.3 is 0 Å². The van der Waals surface area contributed by atoms with Crippen LogP contribution in [0.15, 0.2) is 0 Å². The lowest BCUT2D eigenvalue weighted by molar-refractivity contribution is 0.0944. The van der Waals surface area contributed by atoms with Crippen LogP contribution in [0.4, 0.5) is 10.7 Å². The lowest BCUT2D eigenvalue weighted by Gasteiger charge is -2.22. The number of ether oxygens (including phenoxy) is 1. The number of rotatable bonds is 8. The molecule has 0 spiro atoms. The molecule has 0 aliphatic carbocycles. The van der Waals surface area contributed by atoms with Crippen LogP contribution in [0.2, 0.25) is 0 Å². The molecular formula is C15H26N2O2S. The van der Waals surface area contributed by atoms with Crippen molar-refractivity contribution >= 4 is 27.8 Å². The largest absolute Gasteiger partial charge is 0.492 e. The van der Waals surface area contributed by atoms with Gasteiger partial charge < -0.3 is 15.4 Å². The normalized spacial score (nSPS) is 10.9. The van der Waals surface area contributed by atoms with Gasteiger partial charge in [0.05, 0.1) is 17.7 Å². The van der Waals surface area contributed by atoms with E-state index < -0.39 is 0 Å². The Labute approximate surface area is 125 Å². The maximum absolute atomic E-state index is 12.2. The molecule has 114 valence electrons. The lowest BCUT2D eigenvalue weighted by Crippen LogP contribution is -2.24. The molecule has 0 fully saturated rings. The van der Waals surface area contributed by atoms with Crippen LogP contribution in [0.5, 0.6) is 5.75 Å². The summed E-state index contributed by atoms with van der Waals surface area (Å²) in [6.45, 7) is 9.96. The van der Waals surface area contributed by atoms with Gasteiger partial charge in [-0.25, -0.2) is 0 Å². The summed E-state index contributed by atoms with van der Waals surface area (Å²) in [5.74, 6) is 0.685. The van der Waals surface area contributed by atoms with E-state index in [0.29, 0.717) is 16.3 Å². The molecule has 0 aromatic carbocycles. The highest BCUT2D eigenvalue weighted by Crippen LogP contribution is 2.45. The Bertz CT molecular complexity index is 449. The van der Waals surface area contributed by atoms with Crippen LogP contribution in [-0.4, -0.2) is 26.0 Å². The molecule has 1 aromatic heterocycles. The predicted molar refractivity (Wildman–Crippen MR) is 87.2 cm³/mol. The Hall–Kier alpha value is -1.23. The number of nitrogen functional groups attached to an aromatic ring is 1. The van der Waals surface area contributed by atoms with Gasteiger partial charge in [-0.2, -0.15) is 0 Å². The number of carbonyl (C=O) groups is 1. The number of Topliss-reactive ketones (excluding diaryl/α,β-unsaturated/α-hetero) is 1. The molecule has 0 saturated carbocycles. The Morgan fingerprint density at radius 1 is 1.30 bits per heavy atom. The third-order valence-corrected chi connectivity index (χ3v) is 4.37. The van der Waals surface area contributed by atoms with Gasteiger partial charge in [-0.05, 0) is 12.8 Å². The van der Waals surface area contributed by atoms with Crippen LogP contribution < -0.4 is 15.4 Å². The minimum atomic E-state index is -0.0562. The van der Waals surface area contributed by atoms with Gasteiger partial charge in [0.15, 0.2) is 11.5 Å². The zero-order chi connectivity index (χ0) is 15.3. The zero-order valence-electron chi connectivity index (χ0n) is 13.2. The first-order valence-corrected chi connectivity index (χ1v) is 8.04. The quantitative estimate of drug-likeness (QED) is 0.742. The van der Waals surface area contributed by atoms with Crippen molar-refractivity contribution in [1.29, 1.82) is 0 Å². The molecule has 0 aliphatic heterocycles. The first-order chi connectivity index (χ1) is 9.47. The highest BCUT2D eigenvalue weighted by atomic mass is 32.1. The van der Waals surface area contributed by atoms with Crippen molar-refractivity contribution in [3.05, 3.63) is 4.88 Å². The molecule has 1 rings (SSSR count). The van der Waals surface area contributed by atoms with Crippen molar-refractivity contribution in [2.45, 2.75) is 40.5 Å². The number of nitrogens with zero attached hydrogens (tertiary/aromatic N) is 1. The fourth-order valence-electron chi connectivity index (χ4n) is 2.12. The van der Waals surface area contributed by atoms with Gasteiger partial charge in [0, 0.05) is 19.0 Å². The Morgan fingerprint density at radius 3 is 2.25 bits per heavy atom. The molecule has 0 aliphatic rings. The second-order valence-electron chi connectivity index (χ2n) is 5.19. The van der Waals surface area contributed by atoms with E-state index in [1.807, 2.05) is 13.8 Å². The van der Waals surface area contributed by atoms with Gasteiger partial charge in [0.1, 0.15) is 5.00 Å². The van der Waals surface area contributed by atoms with Gasteiger partial charge in [-0.15, -0.1) is 11.3 Å². The molecule has 0 atom stereocenters. The molecule has 2 N–H and O–H groups in total. The highest BCUT2D eigenvalue weighted by Gasteiger charge is 2.25. The number of nitrogens with two attached hydrogens (primary N) is 1. The first kappa shape index (κ1) is 16.8. The van der Waals surface area contributed by atoms with Crippen LogP contribution in [-0.2, 0) is 0 Å². The van der Waals surface area contributed by atoms with E-state index in [1.165, 1.54) is 11.3 Å². The fourth-order valence-corrected chi connectivity index (χ4v) is 3.45. The second-order valence-corrected chi connectivity index (χ2v) is 6.19. The van der Waals surface area contributed by atoms with Gasteiger partial charge in [-0.1, -0.05) is 27.7 Å². The van der Waals surface area contributed by atoms with Crippen molar-refractivity contribution in [1.82, 2.24) is 0 Å². The Balaban J connectivity index is 3.24. The number of anilines is 2. The number of thiophene rings is 1. The van der Waals surface area contributed by atoms with Crippen LogP contribution >= 0.6 is 11.3 Å². The summed E-state index contributed by atoms with van der Waals surface area (Å²) in [6, 6.07) is 0. The SMILES string of the molecule is CCCN(CCC)c1sc(C(=O)C(C)C)c(N)c1OC. The molecule has 1 heterocycles. The molecular weight excluding hydrogens is 272 g/mol. The number of hydrogen-bond acceptors (Lipinski definition) is 5. The van der Waals surface area contributed by atoms with Crippen molar-refractivity contribution in [3.63, 3.8) is 0 Å². The van der Waals surface area contributed by atoms with Crippen LogP contribution in [0, 0.1) is 5.92 Å². The van der Waals surface area contributed by atoms with Crippen molar-refractivity contribution < 1.29 is 9.53 Å². The minimum Gasteiger partial charge on any atom is -0.492 e. The summed E-state index contributed by atoms with van der Waals surface area (Å²) in [5, 5.41) is 0.984. The monoisotopic (exact) mass is 298 g/mol. The highest BCUT2D eigenvalue weighted by molar-refractivity contribution is 7.19. The number of ketones is 1. The van der Waals surface area contributed by atoms with E-state index in [0.717, 1.165) is 30.9 Å². The Morgan fingerprint density at radius 2 is 1.85 bits per heavy atom. The number of carbonyl (C=O) groups excluding carboxylic acids is 1. The molecule has 0 bridgehead atoms. The van der Waals surface area contributed by atoms with Crippen molar-refractivity contribution in [3.8, 4) is 5.75 Å². The average molecular weight is 298 g/mol. The van der Waals surface area contributed by atoms with Gasteiger partial charge in [0.25, 0.3) is 0 Å². The summed E-state index contributed by atoms with van der Waals surface area (Å²) in [7, 11) is 1.61. The smallest absolute Gasteiger partial charge is 0.177 e. The maximum Gasteiger partial charge on any atom is 0.177 e. The summed E-state index contributed by atoms with van der Waals surface area (Å²) in [5.41, 5.74) is 6.61. The Kier molecular flexibility index (Phi) is 6.33. The minimum absolute atomic E-state index is 0.0562. The molecule has 20 heavy (non-hydrogen) atoms. The van der Waals surface area contributed by atoms with E-state index in [4.69, 9.17) is 10.5 Å². The van der Waals surface area contributed by atoms with Gasteiger partial charge in [0.2, 0.25) is 0 Å². The average Bonchev–Trinajstić information content (AvgIpc) is 2.74. The molecule has 0 radical (unpaired) electrons. The third kappa shape index (κ3) is 3.45. The summed E-state index contributed by atoms with van der Waals surface area (Å²) in [4.78, 5) is 15.1. The van der Waals surface area contributed by atoms with Crippen molar-refractivity contribution in [2.75, 3.05) is 30.8 Å². The predicted octanol–water partition coefficient (Wildman–Crippen LogP) is 3.80. The van der Waals surface area contributed by atoms with Crippen molar-refractivity contribution in [2.24, 2.45) is 5.92 Å². The van der Waals surface area contributed by atoms with Crippen LogP contribution in [0.1, 0.15) is 50.2 Å². The van der Waals surface area contributed by atoms with Crippen LogP contribution in [0.3, 0.4) is 0 Å². The number of hydrogen-bond donors (Lipinski definition) is 1. The second kappa shape index (κ2) is 7.53. The number of methoxy groups -OCH3 is 1. The summed E-state index contributed by atoms with van der Waals surface area (Å²) >= 11 is 1.46. The fraction of sp³-hybridized carbons (Fsp3) is 0.667. The topological polar surface area (TPSA) is 55.6 Å². The van der Waals surface area contributed by atoms with E-state index in [2.05, 4.69) is 18.7 Å². The lowest BCUT2D eigenvalue weighted by atomic mass is 10.1. The molecule has 0 amide bonds. The van der Waals surface area contributed by atoms with E-state index in [1.54, 1.807) is 7.11 Å². The van der Waals surface area contributed by atoms with Gasteiger partial charge in [-0.3, -0.25) is 4.79 Å². The molecule has 4 nitrogen and oxygen atoms in total. The van der Waals surface area contributed by atoms with E-state index >= 15 is 0 Å². The zero-order valence-corrected chi connectivity index (χ0v) is 14.0. The maximum atomic E-state index is 12.2. The van der Waals surface area contributed by atoms with Crippen LogP contribution in [0.25, 0.3) is 0 Å². The molecule has 0 saturated heterocycles. The first-order valence-electron chi connectivity index (χ1n) is 7.23. The standard InChI is InChI=1S/C15H26N2O2S/c1-6-8-17(9-7-2)15-13(19-5)11(16)14(20-15)12(18)10(3)4/h10H,6-9,16H2,1-5H3.